The Hall–Kier alpha value is -2.07. The second-order valence-corrected chi connectivity index (χ2v) is 6.48. The molecule has 0 saturated heterocycles. The Kier molecular flexibility index (Phi) is 5.84. The minimum atomic E-state index is -0.324. The number of methoxy groups -OCH3 is 1. The Morgan fingerprint density at radius 3 is 2.42 bits per heavy atom. The number of ether oxygens (including phenoxy) is 1. The number of amides is 1. The van der Waals surface area contributed by atoms with Crippen LogP contribution in [0, 0.1) is 0 Å². The van der Waals surface area contributed by atoms with Crippen LogP contribution in [-0.4, -0.2) is 25.1 Å². The summed E-state index contributed by atoms with van der Waals surface area (Å²) in [5.74, 6) is 0.633. The minimum Gasteiger partial charge on any atom is -0.497 e. The first-order chi connectivity index (χ1) is 11.4. The standard InChI is InChI=1S/C20H28N2O2/c1-5-20(21,6-2)13-22-19(23)14(3)15-7-8-17-12-18(24-4)10-9-16(17)11-15/h7-12,14H,5-6,13,21H2,1-4H3,(H,22,23). The fourth-order valence-corrected chi connectivity index (χ4v) is 2.71. The second kappa shape index (κ2) is 7.67. The van der Waals surface area contributed by atoms with Crippen molar-refractivity contribution in [1.82, 2.24) is 5.32 Å². The van der Waals surface area contributed by atoms with Crippen molar-refractivity contribution >= 4 is 16.7 Å². The lowest BCUT2D eigenvalue weighted by Crippen LogP contribution is -2.49. The number of carbonyl (C=O) groups is 1. The number of benzene rings is 2. The minimum absolute atomic E-state index is 0.0135. The molecular formula is C20H28N2O2. The molecule has 2 aromatic rings. The highest BCUT2D eigenvalue weighted by molar-refractivity contribution is 5.88. The first kappa shape index (κ1) is 18.3. The molecule has 0 aliphatic heterocycles. The average Bonchev–Trinajstić information content (AvgIpc) is 2.64. The van der Waals surface area contributed by atoms with E-state index >= 15 is 0 Å². The van der Waals surface area contributed by atoms with E-state index in [1.165, 1.54) is 0 Å². The van der Waals surface area contributed by atoms with E-state index < -0.39 is 0 Å². The molecule has 0 spiro atoms. The van der Waals surface area contributed by atoms with Crippen molar-refractivity contribution in [2.24, 2.45) is 5.73 Å². The first-order valence-corrected chi connectivity index (χ1v) is 8.56. The van der Waals surface area contributed by atoms with Crippen molar-refractivity contribution in [3.63, 3.8) is 0 Å². The van der Waals surface area contributed by atoms with E-state index in [0.717, 1.165) is 34.9 Å². The maximum Gasteiger partial charge on any atom is 0.227 e. The number of hydrogen-bond donors (Lipinski definition) is 2. The van der Waals surface area contributed by atoms with Gasteiger partial charge in [0.1, 0.15) is 5.75 Å². The lowest BCUT2D eigenvalue weighted by molar-refractivity contribution is -0.122. The summed E-state index contributed by atoms with van der Waals surface area (Å²) in [7, 11) is 1.66. The zero-order valence-corrected chi connectivity index (χ0v) is 15.1. The van der Waals surface area contributed by atoms with E-state index in [1.807, 2.05) is 37.3 Å². The number of rotatable bonds is 7. The zero-order valence-electron chi connectivity index (χ0n) is 15.1. The second-order valence-electron chi connectivity index (χ2n) is 6.48. The highest BCUT2D eigenvalue weighted by Gasteiger charge is 2.23. The predicted octanol–water partition coefficient (Wildman–Crippen LogP) is 3.59. The van der Waals surface area contributed by atoms with Gasteiger partial charge < -0.3 is 15.8 Å². The zero-order chi connectivity index (χ0) is 17.7. The van der Waals surface area contributed by atoms with Crippen LogP contribution in [0.15, 0.2) is 36.4 Å². The molecule has 0 aliphatic rings. The van der Waals surface area contributed by atoms with E-state index in [4.69, 9.17) is 10.5 Å². The summed E-state index contributed by atoms with van der Waals surface area (Å²) in [6, 6.07) is 12.0. The van der Waals surface area contributed by atoms with Gasteiger partial charge in [-0.15, -0.1) is 0 Å². The fraction of sp³-hybridized carbons (Fsp3) is 0.450. The summed E-state index contributed by atoms with van der Waals surface area (Å²) in [5.41, 5.74) is 6.94. The van der Waals surface area contributed by atoms with Gasteiger partial charge in [0.15, 0.2) is 0 Å². The van der Waals surface area contributed by atoms with Crippen LogP contribution in [0.1, 0.15) is 45.1 Å². The molecule has 0 saturated carbocycles. The highest BCUT2D eigenvalue weighted by Crippen LogP contribution is 2.25. The molecule has 0 fully saturated rings. The van der Waals surface area contributed by atoms with Crippen LogP contribution in [-0.2, 0) is 4.79 Å². The summed E-state index contributed by atoms with van der Waals surface area (Å²) in [4.78, 5) is 12.5. The predicted molar refractivity (Wildman–Crippen MR) is 99.4 cm³/mol. The molecule has 1 unspecified atom stereocenters. The molecule has 130 valence electrons. The highest BCUT2D eigenvalue weighted by atomic mass is 16.5. The Morgan fingerprint density at radius 2 is 1.79 bits per heavy atom. The van der Waals surface area contributed by atoms with Gasteiger partial charge in [-0.25, -0.2) is 0 Å². The average molecular weight is 328 g/mol. The van der Waals surface area contributed by atoms with Crippen molar-refractivity contribution in [1.29, 1.82) is 0 Å². The normalized spacial score (nSPS) is 12.9. The molecule has 24 heavy (non-hydrogen) atoms. The third kappa shape index (κ3) is 4.06. The van der Waals surface area contributed by atoms with E-state index in [9.17, 15) is 4.79 Å². The van der Waals surface area contributed by atoms with Crippen molar-refractivity contribution in [2.75, 3.05) is 13.7 Å². The summed E-state index contributed by atoms with van der Waals surface area (Å²) >= 11 is 0. The van der Waals surface area contributed by atoms with Gasteiger partial charge in [-0.2, -0.15) is 0 Å². The van der Waals surface area contributed by atoms with E-state index in [1.54, 1.807) is 7.11 Å². The molecule has 1 amide bonds. The van der Waals surface area contributed by atoms with Crippen molar-refractivity contribution in [3.05, 3.63) is 42.0 Å². The molecule has 2 aromatic carbocycles. The smallest absolute Gasteiger partial charge is 0.227 e. The summed E-state index contributed by atoms with van der Waals surface area (Å²) in [6.07, 6.45) is 1.69. The van der Waals surface area contributed by atoms with Crippen LogP contribution < -0.4 is 15.8 Å². The van der Waals surface area contributed by atoms with Gasteiger partial charge >= 0.3 is 0 Å². The van der Waals surface area contributed by atoms with Gasteiger partial charge in [-0.05, 0) is 48.2 Å². The monoisotopic (exact) mass is 328 g/mol. The first-order valence-electron chi connectivity index (χ1n) is 8.56. The Morgan fingerprint density at radius 1 is 1.17 bits per heavy atom. The van der Waals surface area contributed by atoms with E-state index in [-0.39, 0.29) is 17.4 Å². The summed E-state index contributed by atoms with van der Waals surface area (Å²) in [5, 5.41) is 5.21. The number of hydrogen-bond acceptors (Lipinski definition) is 3. The molecule has 1 atom stereocenters. The molecule has 0 heterocycles. The van der Waals surface area contributed by atoms with Crippen LogP contribution >= 0.6 is 0 Å². The van der Waals surface area contributed by atoms with Crippen LogP contribution in [0.4, 0.5) is 0 Å². The Bertz CT molecular complexity index is 708. The quantitative estimate of drug-likeness (QED) is 0.816. The number of carbonyl (C=O) groups excluding carboxylic acids is 1. The topological polar surface area (TPSA) is 64.3 Å². The van der Waals surface area contributed by atoms with E-state index in [2.05, 4.69) is 25.2 Å². The third-order valence-corrected chi connectivity index (χ3v) is 4.99. The van der Waals surface area contributed by atoms with Gasteiger partial charge in [0, 0.05) is 12.1 Å². The SMILES string of the molecule is CCC(N)(CC)CNC(=O)C(C)c1ccc2cc(OC)ccc2c1. The molecule has 0 aliphatic carbocycles. The maximum absolute atomic E-state index is 12.5. The molecule has 0 bridgehead atoms. The van der Waals surface area contributed by atoms with Crippen molar-refractivity contribution < 1.29 is 9.53 Å². The van der Waals surface area contributed by atoms with Gasteiger partial charge in [0.25, 0.3) is 0 Å². The molecule has 3 N–H and O–H groups in total. The summed E-state index contributed by atoms with van der Waals surface area (Å²) in [6.45, 7) is 6.54. The Labute approximate surface area is 144 Å². The van der Waals surface area contributed by atoms with Crippen LogP contribution in [0.2, 0.25) is 0 Å². The third-order valence-electron chi connectivity index (χ3n) is 4.99. The van der Waals surface area contributed by atoms with Crippen LogP contribution in [0.25, 0.3) is 10.8 Å². The van der Waals surface area contributed by atoms with Gasteiger partial charge in [0.05, 0.1) is 13.0 Å². The molecule has 0 radical (unpaired) electrons. The number of nitrogens with two attached hydrogens (primary N) is 1. The summed E-state index contributed by atoms with van der Waals surface area (Å²) < 4.78 is 5.25. The molecule has 0 aromatic heterocycles. The van der Waals surface area contributed by atoms with Crippen molar-refractivity contribution in [3.8, 4) is 5.75 Å². The number of nitrogens with one attached hydrogen (secondary N) is 1. The Balaban J connectivity index is 2.12. The van der Waals surface area contributed by atoms with Crippen LogP contribution in [0.5, 0.6) is 5.75 Å². The van der Waals surface area contributed by atoms with Gasteiger partial charge in [0.2, 0.25) is 5.91 Å². The van der Waals surface area contributed by atoms with Crippen LogP contribution in [0.3, 0.4) is 0 Å². The van der Waals surface area contributed by atoms with Gasteiger partial charge in [-0.1, -0.05) is 38.1 Å². The number of fused-ring (bicyclic) bond motifs is 1. The molecule has 4 nitrogen and oxygen atoms in total. The molecule has 4 heteroatoms. The molecule has 2 rings (SSSR count). The van der Waals surface area contributed by atoms with Gasteiger partial charge in [-0.3, -0.25) is 4.79 Å². The molecular weight excluding hydrogens is 300 g/mol. The lowest BCUT2D eigenvalue weighted by atomic mass is 9.93. The van der Waals surface area contributed by atoms with Crippen molar-refractivity contribution in [2.45, 2.75) is 45.1 Å². The van der Waals surface area contributed by atoms with E-state index in [0.29, 0.717) is 6.54 Å². The maximum atomic E-state index is 12.5. The fourth-order valence-electron chi connectivity index (χ4n) is 2.71. The largest absolute Gasteiger partial charge is 0.497 e. The lowest BCUT2D eigenvalue weighted by Gasteiger charge is -2.27.